The van der Waals surface area contributed by atoms with Crippen LogP contribution >= 0.6 is 0 Å². The summed E-state index contributed by atoms with van der Waals surface area (Å²) in [5, 5.41) is 0. The van der Waals surface area contributed by atoms with Crippen LogP contribution in [0.25, 0.3) is 0 Å². The lowest BCUT2D eigenvalue weighted by atomic mass is 10.1. The van der Waals surface area contributed by atoms with E-state index in [4.69, 9.17) is 4.74 Å². The standard InChI is InChI=1S/C18H20N2O3/c1-11-5-8-15(13(3)9-11)18(22)20-19-17(21)14-7-6-12(2)16(10-14)23-4/h5-10H,1-4H3,(H,19,21)(H,20,22). The Bertz CT molecular complexity index is 754. The minimum Gasteiger partial charge on any atom is -0.496 e. The number of ether oxygens (including phenoxy) is 1. The minimum atomic E-state index is -0.401. The molecule has 5 heteroatoms. The molecule has 0 aliphatic heterocycles. The van der Waals surface area contributed by atoms with E-state index in [2.05, 4.69) is 10.9 Å². The average molecular weight is 312 g/mol. The molecule has 120 valence electrons. The molecule has 2 amide bonds. The van der Waals surface area contributed by atoms with Crippen LogP contribution in [-0.2, 0) is 0 Å². The van der Waals surface area contributed by atoms with Gasteiger partial charge in [-0.15, -0.1) is 0 Å². The second kappa shape index (κ2) is 6.96. The third-order valence-electron chi connectivity index (χ3n) is 3.59. The quantitative estimate of drug-likeness (QED) is 0.856. The molecule has 0 aromatic heterocycles. The second-order valence-corrected chi connectivity index (χ2v) is 5.41. The van der Waals surface area contributed by atoms with Gasteiger partial charge in [0.05, 0.1) is 7.11 Å². The maximum absolute atomic E-state index is 12.1. The van der Waals surface area contributed by atoms with Crippen molar-refractivity contribution in [1.29, 1.82) is 0 Å². The Morgan fingerprint density at radius 1 is 0.870 bits per heavy atom. The average Bonchev–Trinajstić information content (AvgIpc) is 2.52. The number of hydrogen-bond acceptors (Lipinski definition) is 3. The topological polar surface area (TPSA) is 67.4 Å². The Hall–Kier alpha value is -2.82. The molecule has 23 heavy (non-hydrogen) atoms. The lowest BCUT2D eigenvalue weighted by Crippen LogP contribution is -2.41. The van der Waals surface area contributed by atoms with E-state index in [0.29, 0.717) is 16.9 Å². The van der Waals surface area contributed by atoms with Gasteiger partial charge in [0, 0.05) is 11.1 Å². The van der Waals surface area contributed by atoms with Crippen molar-refractivity contribution >= 4 is 11.8 Å². The summed E-state index contributed by atoms with van der Waals surface area (Å²) in [6.07, 6.45) is 0. The molecule has 0 aliphatic carbocycles. The van der Waals surface area contributed by atoms with Crippen LogP contribution in [0.1, 0.15) is 37.4 Å². The summed E-state index contributed by atoms with van der Waals surface area (Å²) in [6, 6.07) is 10.6. The van der Waals surface area contributed by atoms with Crippen molar-refractivity contribution in [3.8, 4) is 5.75 Å². The highest BCUT2D eigenvalue weighted by atomic mass is 16.5. The van der Waals surface area contributed by atoms with Gasteiger partial charge in [0.25, 0.3) is 11.8 Å². The smallest absolute Gasteiger partial charge is 0.269 e. The highest BCUT2D eigenvalue weighted by molar-refractivity contribution is 6.00. The predicted octanol–water partition coefficient (Wildman–Crippen LogP) is 2.70. The van der Waals surface area contributed by atoms with Crippen LogP contribution in [0.4, 0.5) is 0 Å². The first kappa shape index (κ1) is 16.5. The van der Waals surface area contributed by atoms with E-state index in [1.807, 2.05) is 32.9 Å². The molecule has 0 saturated carbocycles. The fraction of sp³-hybridized carbons (Fsp3) is 0.222. The van der Waals surface area contributed by atoms with Crippen LogP contribution in [0.3, 0.4) is 0 Å². The van der Waals surface area contributed by atoms with Crippen LogP contribution in [0.5, 0.6) is 5.75 Å². The number of hydrazine groups is 1. The molecule has 0 radical (unpaired) electrons. The van der Waals surface area contributed by atoms with Crippen molar-refractivity contribution in [1.82, 2.24) is 10.9 Å². The van der Waals surface area contributed by atoms with Crippen molar-refractivity contribution < 1.29 is 14.3 Å². The molecule has 0 spiro atoms. The molecule has 2 aromatic rings. The first-order valence-electron chi connectivity index (χ1n) is 7.25. The Kier molecular flexibility index (Phi) is 5.01. The number of rotatable bonds is 3. The molecule has 2 rings (SSSR count). The van der Waals surface area contributed by atoms with E-state index in [1.54, 1.807) is 31.4 Å². The summed E-state index contributed by atoms with van der Waals surface area (Å²) in [5.74, 6) is -0.130. The molecule has 5 nitrogen and oxygen atoms in total. The summed E-state index contributed by atoms with van der Waals surface area (Å²) < 4.78 is 5.19. The molecule has 0 bridgehead atoms. The van der Waals surface area contributed by atoms with Gasteiger partial charge < -0.3 is 4.74 Å². The summed E-state index contributed by atoms with van der Waals surface area (Å²) >= 11 is 0. The largest absolute Gasteiger partial charge is 0.496 e. The first-order chi connectivity index (χ1) is 10.9. The molecular weight excluding hydrogens is 292 g/mol. The van der Waals surface area contributed by atoms with Gasteiger partial charge in [-0.25, -0.2) is 0 Å². The number of benzene rings is 2. The fourth-order valence-electron chi connectivity index (χ4n) is 2.28. The van der Waals surface area contributed by atoms with Gasteiger partial charge in [-0.3, -0.25) is 20.4 Å². The van der Waals surface area contributed by atoms with Gasteiger partial charge in [0.1, 0.15) is 5.75 Å². The zero-order chi connectivity index (χ0) is 17.0. The van der Waals surface area contributed by atoms with Crippen LogP contribution in [0.2, 0.25) is 0 Å². The lowest BCUT2D eigenvalue weighted by molar-refractivity contribution is 0.0846. The van der Waals surface area contributed by atoms with Crippen molar-refractivity contribution in [2.24, 2.45) is 0 Å². The predicted molar refractivity (Wildman–Crippen MR) is 88.6 cm³/mol. The van der Waals surface area contributed by atoms with Crippen molar-refractivity contribution in [3.63, 3.8) is 0 Å². The fourth-order valence-corrected chi connectivity index (χ4v) is 2.28. The highest BCUT2D eigenvalue weighted by Gasteiger charge is 2.12. The van der Waals surface area contributed by atoms with Gasteiger partial charge in [0.15, 0.2) is 0 Å². The van der Waals surface area contributed by atoms with E-state index in [9.17, 15) is 9.59 Å². The maximum Gasteiger partial charge on any atom is 0.269 e. The Morgan fingerprint density at radius 2 is 1.57 bits per heavy atom. The minimum absolute atomic E-state index is 0.352. The van der Waals surface area contributed by atoms with E-state index < -0.39 is 5.91 Å². The molecule has 0 heterocycles. The number of carbonyl (C=O) groups is 2. The van der Waals surface area contributed by atoms with Gasteiger partial charge in [-0.1, -0.05) is 23.8 Å². The Balaban J connectivity index is 2.05. The van der Waals surface area contributed by atoms with Gasteiger partial charge in [-0.05, 0) is 50.1 Å². The third-order valence-corrected chi connectivity index (χ3v) is 3.59. The number of hydrogen-bond donors (Lipinski definition) is 2. The number of aryl methyl sites for hydroxylation is 3. The monoisotopic (exact) mass is 312 g/mol. The molecule has 0 aliphatic rings. The normalized spacial score (nSPS) is 10.1. The zero-order valence-electron chi connectivity index (χ0n) is 13.7. The van der Waals surface area contributed by atoms with Gasteiger partial charge >= 0.3 is 0 Å². The molecule has 0 unspecified atom stereocenters. The Morgan fingerprint density at radius 3 is 2.22 bits per heavy atom. The number of carbonyl (C=O) groups excluding carboxylic acids is 2. The van der Waals surface area contributed by atoms with E-state index in [0.717, 1.165) is 16.7 Å². The summed E-state index contributed by atoms with van der Waals surface area (Å²) in [7, 11) is 1.55. The SMILES string of the molecule is COc1cc(C(=O)NNC(=O)c2ccc(C)cc2C)ccc1C. The summed E-state index contributed by atoms with van der Waals surface area (Å²) in [4.78, 5) is 24.3. The van der Waals surface area contributed by atoms with Crippen LogP contribution in [0, 0.1) is 20.8 Å². The van der Waals surface area contributed by atoms with Crippen LogP contribution < -0.4 is 15.6 Å². The maximum atomic E-state index is 12.1. The van der Waals surface area contributed by atoms with E-state index >= 15 is 0 Å². The van der Waals surface area contributed by atoms with Crippen molar-refractivity contribution in [3.05, 3.63) is 64.2 Å². The summed E-state index contributed by atoms with van der Waals surface area (Å²) in [5.41, 5.74) is 8.65. The highest BCUT2D eigenvalue weighted by Crippen LogP contribution is 2.18. The van der Waals surface area contributed by atoms with E-state index in [1.165, 1.54) is 0 Å². The number of methoxy groups -OCH3 is 1. The number of nitrogens with one attached hydrogen (secondary N) is 2. The van der Waals surface area contributed by atoms with Crippen LogP contribution in [0.15, 0.2) is 36.4 Å². The molecule has 2 N–H and O–H groups in total. The van der Waals surface area contributed by atoms with Crippen molar-refractivity contribution in [2.75, 3.05) is 7.11 Å². The van der Waals surface area contributed by atoms with Gasteiger partial charge in [0.2, 0.25) is 0 Å². The molecular formula is C18H20N2O3. The summed E-state index contributed by atoms with van der Waals surface area (Å²) in [6.45, 7) is 5.71. The van der Waals surface area contributed by atoms with Crippen LogP contribution in [-0.4, -0.2) is 18.9 Å². The first-order valence-corrected chi connectivity index (χ1v) is 7.25. The van der Waals surface area contributed by atoms with Crippen molar-refractivity contribution in [2.45, 2.75) is 20.8 Å². The van der Waals surface area contributed by atoms with Gasteiger partial charge in [-0.2, -0.15) is 0 Å². The molecule has 0 atom stereocenters. The molecule has 0 saturated heterocycles. The third kappa shape index (κ3) is 3.88. The molecule has 2 aromatic carbocycles. The lowest BCUT2D eigenvalue weighted by Gasteiger charge is -2.11. The number of amides is 2. The molecule has 0 fully saturated rings. The zero-order valence-corrected chi connectivity index (χ0v) is 13.7. The van der Waals surface area contributed by atoms with E-state index in [-0.39, 0.29) is 5.91 Å². The second-order valence-electron chi connectivity index (χ2n) is 5.41. The Labute approximate surface area is 135 Å².